The summed E-state index contributed by atoms with van der Waals surface area (Å²) in [4.78, 5) is 0. The maximum Gasteiger partial charge on any atom is 0.124 e. The van der Waals surface area contributed by atoms with Crippen LogP contribution in [0.15, 0.2) is 18.2 Å². The number of benzene rings is 1. The standard InChI is InChI=1S/C15H17ClFNO/c1-2-10-5-6-15(8-10,9-18)14(19)12-4-3-11(17)7-13(12)16/h3-4,7,10,14,19H,2,5-6,8H2,1H3. The zero-order valence-corrected chi connectivity index (χ0v) is 11.6. The number of hydrogen-bond acceptors (Lipinski definition) is 2. The van der Waals surface area contributed by atoms with Crippen LogP contribution in [0.5, 0.6) is 0 Å². The maximum absolute atomic E-state index is 13.1. The molecule has 19 heavy (non-hydrogen) atoms. The van der Waals surface area contributed by atoms with E-state index in [9.17, 15) is 14.8 Å². The molecule has 2 nitrogen and oxygen atoms in total. The van der Waals surface area contributed by atoms with Crippen molar-refractivity contribution in [3.05, 3.63) is 34.6 Å². The van der Waals surface area contributed by atoms with Crippen LogP contribution in [0, 0.1) is 28.5 Å². The minimum Gasteiger partial charge on any atom is -0.387 e. The zero-order valence-electron chi connectivity index (χ0n) is 10.9. The van der Waals surface area contributed by atoms with Gasteiger partial charge in [0.15, 0.2) is 0 Å². The van der Waals surface area contributed by atoms with Crippen LogP contribution >= 0.6 is 11.6 Å². The monoisotopic (exact) mass is 281 g/mol. The molecule has 1 N–H and O–H groups in total. The molecule has 2 rings (SSSR count). The topological polar surface area (TPSA) is 44.0 Å². The number of aliphatic hydroxyl groups excluding tert-OH is 1. The molecule has 3 atom stereocenters. The minimum atomic E-state index is -0.956. The normalized spacial score (nSPS) is 28.1. The summed E-state index contributed by atoms with van der Waals surface area (Å²) in [5.74, 6) is 0.0262. The molecule has 0 aromatic heterocycles. The molecular weight excluding hydrogens is 265 g/mol. The van der Waals surface area contributed by atoms with Crippen molar-refractivity contribution in [2.24, 2.45) is 11.3 Å². The summed E-state index contributed by atoms with van der Waals surface area (Å²) in [5.41, 5.74) is -0.344. The van der Waals surface area contributed by atoms with Crippen LogP contribution in [-0.2, 0) is 0 Å². The van der Waals surface area contributed by atoms with Crippen molar-refractivity contribution in [3.8, 4) is 6.07 Å². The second kappa shape index (κ2) is 5.48. The number of nitriles is 1. The molecular formula is C15H17ClFNO. The average Bonchev–Trinajstić information content (AvgIpc) is 2.83. The van der Waals surface area contributed by atoms with Gasteiger partial charge in [0, 0.05) is 10.6 Å². The molecule has 0 heterocycles. The van der Waals surface area contributed by atoms with Crippen molar-refractivity contribution in [2.45, 2.75) is 38.7 Å². The molecule has 1 aromatic rings. The molecule has 1 aliphatic rings. The molecule has 0 amide bonds. The first kappa shape index (κ1) is 14.3. The van der Waals surface area contributed by atoms with Crippen LogP contribution in [0.3, 0.4) is 0 Å². The van der Waals surface area contributed by atoms with Crippen molar-refractivity contribution in [1.82, 2.24) is 0 Å². The van der Waals surface area contributed by atoms with Gasteiger partial charge in [-0.3, -0.25) is 0 Å². The average molecular weight is 282 g/mol. The van der Waals surface area contributed by atoms with E-state index in [-0.39, 0.29) is 5.02 Å². The summed E-state index contributed by atoms with van der Waals surface area (Å²) < 4.78 is 13.1. The van der Waals surface area contributed by atoms with E-state index in [1.54, 1.807) is 0 Å². The highest BCUT2D eigenvalue weighted by atomic mass is 35.5. The molecule has 1 aliphatic carbocycles. The number of aliphatic hydroxyl groups is 1. The predicted octanol–water partition coefficient (Wildman–Crippen LogP) is 4.23. The fraction of sp³-hybridized carbons (Fsp3) is 0.533. The van der Waals surface area contributed by atoms with Crippen molar-refractivity contribution < 1.29 is 9.50 Å². The van der Waals surface area contributed by atoms with Crippen LogP contribution in [-0.4, -0.2) is 5.11 Å². The highest BCUT2D eigenvalue weighted by molar-refractivity contribution is 6.31. The molecule has 0 aliphatic heterocycles. The fourth-order valence-electron chi connectivity index (χ4n) is 2.96. The highest BCUT2D eigenvalue weighted by Crippen LogP contribution is 2.51. The van der Waals surface area contributed by atoms with Gasteiger partial charge in [-0.2, -0.15) is 5.26 Å². The smallest absolute Gasteiger partial charge is 0.124 e. The SMILES string of the molecule is CCC1CCC(C#N)(C(O)c2ccc(F)cc2Cl)C1. The second-order valence-electron chi connectivity index (χ2n) is 5.35. The van der Waals surface area contributed by atoms with E-state index in [1.807, 2.05) is 0 Å². The maximum atomic E-state index is 13.1. The summed E-state index contributed by atoms with van der Waals surface area (Å²) in [6.45, 7) is 2.09. The Kier molecular flexibility index (Phi) is 4.13. The molecule has 0 saturated heterocycles. The number of hydrogen-bond donors (Lipinski definition) is 1. The van der Waals surface area contributed by atoms with Crippen LogP contribution in [0.25, 0.3) is 0 Å². The summed E-state index contributed by atoms with van der Waals surface area (Å²) in [6, 6.07) is 6.20. The third-order valence-corrected chi connectivity index (χ3v) is 4.56. The van der Waals surface area contributed by atoms with Gasteiger partial charge in [0.2, 0.25) is 0 Å². The van der Waals surface area contributed by atoms with Gasteiger partial charge in [-0.1, -0.05) is 31.0 Å². The molecule has 1 aromatic carbocycles. The van der Waals surface area contributed by atoms with Gasteiger partial charge in [0.1, 0.15) is 5.82 Å². The number of rotatable bonds is 3. The largest absolute Gasteiger partial charge is 0.387 e. The van der Waals surface area contributed by atoms with E-state index in [4.69, 9.17) is 11.6 Å². The summed E-state index contributed by atoms with van der Waals surface area (Å²) >= 11 is 5.98. The van der Waals surface area contributed by atoms with Crippen LogP contribution < -0.4 is 0 Å². The lowest BCUT2D eigenvalue weighted by Crippen LogP contribution is -2.25. The Labute approximate surface area is 117 Å². The molecule has 1 fully saturated rings. The first-order valence-corrected chi connectivity index (χ1v) is 6.94. The highest BCUT2D eigenvalue weighted by Gasteiger charge is 2.45. The lowest BCUT2D eigenvalue weighted by Gasteiger charge is -2.28. The van der Waals surface area contributed by atoms with Crippen molar-refractivity contribution in [2.75, 3.05) is 0 Å². The van der Waals surface area contributed by atoms with E-state index >= 15 is 0 Å². The minimum absolute atomic E-state index is 0.182. The molecule has 4 heteroatoms. The first-order chi connectivity index (χ1) is 9.02. The van der Waals surface area contributed by atoms with Gasteiger partial charge in [-0.25, -0.2) is 4.39 Å². The first-order valence-electron chi connectivity index (χ1n) is 6.56. The van der Waals surface area contributed by atoms with E-state index in [1.165, 1.54) is 18.2 Å². The molecule has 1 saturated carbocycles. The summed E-state index contributed by atoms with van der Waals surface area (Å²) in [7, 11) is 0. The van der Waals surface area contributed by atoms with Crippen molar-refractivity contribution in [3.63, 3.8) is 0 Å². The Bertz CT molecular complexity index is 513. The quantitative estimate of drug-likeness (QED) is 0.901. The molecule has 0 bridgehead atoms. The van der Waals surface area contributed by atoms with Crippen LogP contribution in [0.1, 0.15) is 44.3 Å². The molecule has 102 valence electrons. The lowest BCUT2D eigenvalue weighted by molar-refractivity contribution is 0.0641. The van der Waals surface area contributed by atoms with Crippen LogP contribution in [0.4, 0.5) is 4.39 Å². The molecule has 3 unspecified atom stereocenters. The van der Waals surface area contributed by atoms with Gasteiger partial charge in [-0.15, -0.1) is 0 Å². The van der Waals surface area contributed by atoms with E-state index in [0.717, 1.165) is 12.8 Å². The van der Waals surface area contributed by atoms with Gasteiger partial charge in [0.25, 0.3) is 0 Å². The Balaban J connectivity index is 2.32. The van der Waals surface area contributed by atoms with Gasteiger partial charge >= 0.3 is 0 Å². The molecule has 0 radical (unpaired) electrons. The Morgan fingerprint density at radius 3 is 2.89 bits per heavy atom. The summed E-state index contributed by atoms with van der Waals surface area (Å²) in [6.07, 6.45) is 2.33. The van der Waals surface area contributed by atoms with E-state index in [2.05, 4.69) is 13.0 Å². The number of halogens is 2. The lowest BCUT2D eigenvalue weighted by atomic mass is 9.78. The fourth-order valence-corrected chi connectivity index (χ4v) is 3.23. The number of nitrogens with zero attached hydrogens (tertiary/aromatic N) is 1. The third-order valence-electron chi connectivity index (χ3n) is 4.23. The molecule has 0 spiro atoms. The third kappa shape index (κ3) is 2.61. The Morgan fingerprint density at radius 2 is 2.37 bits per heavy atom. The van der Waals surface area contributed by atoms with Gasteiger partial charge < -0.3 is 5.11 Å². The van der Waals surface area contributed by atoms with Crippen molar-refractivity contribution >= 4 is 11.6 Å². The van der Waals surface area contributed by atoms with E-state index in [0.29, 0.717) is 24.3 Å². The van der Waals surface area contributed by atoms with Gasteiger partial charge in [-0.05, 0) is 37.3 Å². The van der Waals surface area contributed by atoms with Crippen molar-refractivity contribution in [1.29, 1.82) is 5.26 Å². The Hall–Kier alpha value is -1.11. The van der Waals surface area contributed by atoms with Crippen LogP contribution in [0.2, 0.25) is 5.02 Å². The zero-order chi connectivity index (χ0) is 14.0. The second-order valence-corrected chi connectivity index (χ2v) is 5.76. The van der Waals surface area contributed by atoms with Gasteiger partial charge in [0.05, 0.1) is 17.6 Å². The van der Waals surface area contributed by atoms with E-state index < -0.39 is 17.3 Å². The Morgan fingerprint density at radius 1 is 1.63 bits per heavy atom. The predicted molar refractivity (Wildman–Crippen MR) is 72.0 cm³/mol. The summed E-state index contributed by atoms with van der Waals surface area (Å²) in [5, 5.41) is 20.2.